The van der Waals surface area contributed by atoms with Gasteiger partial charge in [-0.2, -0.15) is 0 Å². The van der Waals surface area contributed by atoms with Crippen molar-refractivity contribution in [2.75, 3.05) is 0 Å². The van der Waals surface area contributed by atoms with Crippen molar-refractivity contribution in [3.8, 4) is 0 Å². The van der Waals surface area contributed by atoms with Crippen LogP contribution in [0.1, 0.15) is 16.8 Å². The monoisotopic (exact) mass is 216 g/mol. The van der Waals surface area contributed by atoms with Crippen molar-refractivity contribution in [1.82, 2.24) is 4.57 Å². The van der Waals surface area contributed by atoms with E-state index in [2.05, 4.69) is 29.7 Å². The number of rotatable bonds is 2. The van der Waals surface area contributed by atoms with Gasteiger partial charge in [0, 0.05) is 23.6 Å². The zero-order valence-electron chi connectivity index (χ0n) is 9.87. The minimum absolute atomic E-state index is 0.280. The van der Waals surface area contributed by atoms with Crippen molar-refractivity contribution in [3.05, 3.63) is 35.0 Å². The van der Waals surface area contributed by atoms with Crippen LogP contribution in [-0.4, -0.2) is 10.5 Å². The number of aromatic nitrogens is 1. The maximum Gasteiger partial charge on any atom is 0.221 e. The summed E-state index contributed by atoms with van der Waals surface area (Å²) in [6.07, 6.45) is 0.312. The molecule has 0 aliphatic rings. The Morgan fingerprint density at radius 2 is 2.06 bits per heavy atom. The molecule has 0 radical (unpaired) electrons. The van der Waals surface area contributed by atoms with E-state index in [0.717, 1.165) is 22.2 Å². The number of fused-ring (bicyclic) bond motifs is 1. The highest BCUT2D eigenvalue weighted by atomic mass is 16.1. The number of amides is 1. The molecule has 84 valence electrons. The molecule has 1 aromatic carbocycles. The van der Waals surface area contributed by atoms with Gasteiger partial charge in [0.1, 0.15) is 0 Å². The minimum Gasteiger partial charge on any atom is -0.369 e. The fourth-order valence-electron chi connectivity index (χ4n) is 2.16. The number of benzene rings is 1. The van der Waals surface area contributed by atoms with Gasteiger partial charge in [-0.05, 0) is 31.5 Å². The number of hydrogen-bond donors (Lipinski definition) is 1. The number of nitrogens with zero attached hydrogens (tertiary/aromatic N) is 1. The van der Waals surface area contributed by atoms with Crippen molar-refractivity contribution >= 4 is 16.8 Å². The Morgan fingerprint density at radius 1 is 1.38 bits per heavy atom. The van der Waals surface area contributed by atoms with Crippen LogP contribution in [0.5, 0.6) is 0 Å². The third-order valence-corrected chi connectivity index (χ3v) is 3.13. The molecular weight excluding hydrogens is 200 g/mol. The molecule has 2 rings (SSSR count). The molecule has 1 aromatic heterocycles. The second-order valence-corrected chi connectivity index (χ2v) is 4.29. The average Bonchev–Trinajstić information content (AvgIpc) is 2.43. The van der Waals surface area contributed by atoms with Gasteiger partial charge < -0.3 is 10.3 Å². The van der Waals surface area contributed by atoms with Gasteiger partial charge in [-0.15, -0.1) is 0 Å². The molecule has 3 heteroatoms. The number of aryl methyl sites for hydroxylation is 2. The van der Waals surface area contributed by atoms with Gasteiger partial charge in [0.25, 0.3) is 0 Å². The van der Waals surface area contributed by atoms with Crippen LogP contribution in [0, 0.1) is 13.8 Å². The van der Waals surface area contributed by atoms with Gasteiger partial charge in [-0.3, -0.25) is 4.79 Å². The molecule has 1 heterocycles. The van der Waals surface area contributed by atoms with E-state index < -0.39 is 0 Å². The molecule has 0 atom stereocenters. The lowest BCUT2D eigenvalue weighted by molar-refractivity contribution is -0.117. The van der Waals surface area contributed by atoms with Gasteiger partial charge in [-0.1, -0.05) is 11.6 Å². The van der Waals surface area contributed by atoms with Crippen LogP contribution >= 0.6 is 0 Å². The molecule has 2 aromatic rings. The van der Waals surface area contributed by atoms with E-state index in [9.17, 15) is 4.79 Å². The Hall–Kier alpha value is -1.77. The molecule has 0 saturated carbocycles. The molecule has 3 nitrogen and oxygen atoms in total. The quantitative estimate of drug-likeness (QED) is 0.817. The number of primary amides is 1. The average molecular weight is 216 g/mol. The second-order valence-electron chi connectivity index (χ2n) is 4.29. The van der Waals surface area contributed by atoms with Crippen molar-refractivity contribution in [2.45, 2.75) is 20.3 Å². The first kappa shape index (κ1) is 10.7. The van der Waals surface area contributed by atoms with Crippen LogP contribution in [0.15, 0.2) is 18.2 Å². The first-order valence-electron chi connectivity index (χ1n) is 5.33. The van der Waals surface area contributed by atoms with E-state index in [1.165, 1.54) is 5.56 Å². The highest BCUT2D eigenvalue weighted by molar-refractivity contribution is 5.90. The first-order valence-corrected chi connectivity index (χ1v) is 5.33. The van der Waals surface area contributed by atoms with Gasteiger partial charge in [0.05, 0.1) is 6.42 Å². The standard InChI is InChI=1S/C13H16N2O/c1-8-4-5-12-11(6-8)10(7-13(14)16)9(2)15(12)3/h4-6H,7H2,1-3H3,(H2,14,16). The molecule has 0 unspecified atom stereocenters. The minimum atomic E-state index is -0.280. The van der Waals surface area contributed by atoms with Crippen LogP contribution in [0.4, 0.5) is 0 Å². The summed E-state index contributed by atoms with van der Waals surface area (Å²) < 4.78 is 2.10. The molecule has 0 aliphatic heterocycles. The summed E-state index contributed by atoms with van der Waals surface area (Å²) in [6, 6.07) is 6.28. The van der Waals surface area contributed by atoms with Crippen LogP contribution in [0.25, 0.3) is 10.9 Å². The van der Waals surface area contributed by atoms with E-state index in [1.54, 1.807) is 0 Å². The molecule has 1 amide bonds. The van der Waals surface area contributed by atoms with Gasteiger partial charge >= 0.3 is 0 Å². The predicted octanol–water partition coefficient (Wildman–Crippen LogP) is 1.82. The zero-order valence-corrected chi connectivity index (χ0v) is 9.87. The van der Waals surface area contributed by atoms with E-state index in [1.807, 2.05) is 14.0 Å². The molecule has 16 heavy (non-hydrogen) atoms. The largest absolute Gasteiger partial charge is 0.369 e. The normalized spacial score (nSPS) is 10.9. The van der Waals surface area contributed by atoms with Crippen LogP contribution in [0.2, 0.25) is 0 Å². The topological polar surface area (TPSA) is 48.0 Å². The van der Waals surface area contributed by atoms with Gasteiger partial charge in [0.2, 0.25) is 5.91 Å². The Morgan fingerprint density at radius 3 is 2.69 bits per heavy atom. The Labute approximate surface area is 94.9 Å². The summed E-state index contributed by atoms with van der Waals surface area (Å²) in [4.78, 5) is 11.1. The lowest BCUT2D eigenvalue weighted by Crippen LogP contribution is -2.14. The first-order chi connectivity index (χ1) is 7.50. The maximum absolute atomic E-state index is 11.1. The van der Waals surface area contributed by atoms with Crippen molar-refractivity contribution in [1.29, 1.82) is 0 Å². The Kier molecular flexibility index (Phi) is 2.46. The molecule has 0 saturated heterocycles. The van der Waals surface area contributed by atoms with Gasteiger partial charge in [0.15, 0.2) is 0 Å². The number of carbonyl (C=O) groups excluding carboxylic acids is 1. The number of carbonyl (C=O) groups is 1. The van der Waals surface area contributed by atoms with E-state index >= 15 is 0 Å². The third kappa shape index (κ3) is 1.58. The van der Waals surface area contributed by atoms with Crippen LogP contribution in [-0.2, 0) is 18.3 Å². The summed E-state index contributed by atoms with van der Waals surface area (Å²) in [5.74, 6) is -0.280. The molecule has 0 spiro atoms. The van der Waals surface area contributed by atoms with Crippen molar-refractivity contribution in [3.63, 3.8) is 0 Å². The van der Waals surface area contributed by atoms with E-state index in [-0.39, 0.29) is 5.91 Å². The van der Waals surface area contributed by atoms with Gasteiger partial charge in [-0.25, -0.2) is 0 Å². The zero-order chi connectivity index (χ0) is 11.9. The lowest BCUT2D eigenvalue weighted by atomic mass is 10.1. The Bertz CT molecular complexity index is 567. The summed E-state index contributed by atoms with van der Waals surface area (Å²) in [7, 11) is 2.01. The van der Waals surface area contributed by atoms with E-state index in [4.69, 9.17) is 5.73 Å². The second kappa shape index (κ2) is 3.67. The summed E-state index contributed by atoms with van der Waals surface area (Å²) in [5, 5.41) is 1.14. The fourth-order valence-corrected chi connectivity index (χ4v) is 2.16. The van der Waals surface area contributed by atoms with Crippen LogP contribution < -0.4 is 5.73 Å². The van der Waals surface area contributed by atoms with Crippen molar-refractivity contribution < 1.29 is 4.79 Å². The SMILES string of the molecule is Cc1ccc2c(c1)c(CC(N)=O)c(C)n2C. The molecule has 0 bridgehead atoms. The molecule has 0 aliphatic carbocycles. The van der Waals surface area contributed by atoms with E-state index in [0.29, 0.717) is 6.42 Å². The Balaban J connectivity index is 2.75. The summed E-state index contributed by atoms with van der Waals surface area (Å²) in [6.45, 7) is 4.07. The molecule has 2 N–H and O–H groups in total. The molecule has 0 fully saturated rings. The van der Waals surface area contributed by atoms with Crippen molar-refractivity contribution in [2.24, 2.45) is 12.8 Å². The smallest absolute Gasteiger partial charge is 0.221 e. The highest BCUT2D eigenvalue weighted by Gasteiger charge is 2.13. The fraction of sp³-hybridized carbons (Fsp3) is 0.308. The number of nitrogens with two attached hydrogens (primary N) is 1. The highest BCUT2D eigenvalue weighted by Crippen LogP contribution is 2.26. The maximum atomic E-state index is 11.1. The number of hydrogen-bond acceptors (Lipinski definition) is 1. The predicted molar refractivity (Wildman–Crippen MR) is 65.3 cm³/mol. The summed E-state index contributed by atoms with van der Waals surface area (Å²) in [5.41, 5.74) is 9.79. The summed E-state index contributed by atoms with van der Waals surface area (Å²) >= 11 is 0. The lowest BCUT2D eigenvalue weighted by Gasteiger charge is -1.99. The van der Waals surface area contributed by atoms with Crippen LogP contribution in [0.3, 0.4) is 0 Å². The third-order valence-electron chi connectivity index (χ3n) is 3.13. The molecular formula is C13H16N2O.